The molecule has 2 saturated carbocycles. The lowest BCUT2D eigenvalue weighted by Crippen LogP contribution is -2.39. The first-order chi connectivity index (χ1) is 13.9. The highest BCUT2D eigenvalue weighted by Crippen LogP contribution is 2.61. The number of rotatable bonds is 5. The van der Waals surface area contributed by atoms with Gasteiger partial charge in [0.1, 0.15) is 0 Å². The molecule has 0 bridgehead atoms. The van der Waals surface area contributed by atoms with Crippen LogP contribution in [-0.4, -0.2) is 37.0 Å². The number of hydrogen-bond donors (Lipinski definition) is 1. The zero-order chi connectivity index (χ0) is 20.5. The fraction of sp³-hybridized carbons (Fsp3) is 0.417. The number of aryl methyl sites for hydroxylation is 1. The number of benzene rings is 2. The summed E-state index contributed by atoms with van der Waals surface area (Å²) in [7, 11) is -3.65. The van der Waals surface area contributed by atoms with Gasteiger partial charge in [0, 0.05) is 12.1 Å². The van der Waals surface area contributed by atoms with E-state index in [2.05, 4.69) is 11.8 Å². The molecule has 0 amide bonds. The minimum atomic E-state index is -3.65. The quantitative estimate of drug-likeness (QED) is 0.768. The van der Waals surface area contributed by atoms with Crippen LogP contribution in [0, 0.1) is 30.1 Å². The fourth-order valence-corrected chi connectivity index (χ4v) is 5.96. The molecule has 0 aromatic heterocycles. The van der Waals surface area contributed by atoms with Crippen molar-refractivity contribution in [1.82, 2.24) is 4.31 Å². The van der Waals surface area contributed by atoms with E-state index in [0.29, 0.717) is 11.4 Å². The average Bonchev–Trinajstić information content (AvgIpc) is 3.44. The number of sulfonamides is 1. The topological polar surface area (TPSA) is 57.6 Å². The summed E-state index contributed by atoms with van der Waals surface area (Å²) in [6, 6.07) is 16.6. The predicted octanol–water partition coefficient (Wildman–Crippen LogP) is 3.59. The van der Waals surface area contributed by atoms with Crippen LogP contribution in [0.2, 0.25) is 0 Å². The van der Waals surface area contributed by atoms with E-state index in [1.165, 1.54) is 4.31 Å². The molecule has 2 aliphatic carbocycles. The third kappa shape index (κ3) is 4.25. The smallest absolute Gasteiger partial charge is 0.243 e. The van der Waals surface area contributed by atoms with Gasteiger partial charge in [0.25, 0.3) is 0 Å². The molecule has 1 N–H and O–H groups in total. The molecular weight excluding hydrogens is 382 g/mol. The Hall–Kier alpha value is -2.13. The predicted molar refractivity (Wildman–Crippen MR) is 114 cm³/mol. The van der Waals surface area contributed by atoms with Gasteiger partial charge in [0.15, 0.2) is 0 Å². The number of aliphatic hydroxyl groups excluding tert-OH is 1. The Labute approximate surface area is 173 Å². The van der Waals surface area contributed by atoms with E-state index in [1.807, 2.05) is 49.4 Å². The monoisotopic (exact) mass is 409 g/mol. The maximum atomic E-state index is 13.4. The Morgan fingerprint density at radius 2 is 1.86 bits per heavy atom. The van der Waals surface area contributed by atoms with Gasteiger partial charge in [-0.1, -0.05) is 54.2 Å². The van der Waals surface area contributed by atoms with Crippen LogP contribution in [-0.2, 0) is 10.0 Å². The van der Waals surface area contributed by atoms with Crippen LogP contribution in [0.15, 0.2) is 59.5 Å². The van der Waals surface area contributed by atoms with Gasteiger partial charge in [0.05, 0.1) is 17.5 Å². The van der Waals surface area contributed by atoms with Crippen LogP contribution in [0.4, 0.5) is 0 Å². The number of hydrogen-bond acceptors (Lipinski definition) is 3. The number of fused-ring (bicyclic) bond motifs is 1. The van der Waals surface area contributed by atoms with Crippen molar-refractivity contribution in [3.63, 3.8) is 0 Å². The third-order valence-corrected chi connectivity index (χ3v) is 8.11. The minimum Gasteiger partial charge on any atom is -0.393 e. The first kappa shape index (κ1) is 20.2. The molecule has 0 spiro atoms. The van der Waals surface area contributed by atoms with E-state index < -0.39 is 10.0 Å². The molecule has 3 atom stereocenters. The summed E-state index contributed by atoms with van der Waals surface area (Å²) in [5.74, 6) is 6.35. The van der Waals surface area contributed by atoms with Crippen molar-refractivity contribution in [3.05, 3.63) is 65.7 Å². The highest BCUT2D eigenvalue weighted by molar-refractivity contribution is 7.89. The van der Waals surface area contributed by atoms with Crippen LogP contribution in [0.5, 0.6) is 0 Å². The molecule has 0 unspecified atom stereocenters. The normalized spacial score (nSPS) is 25.8. The van der Waals surface area contributed by atoms with E-state index in [0.717, 1.165) is 36.8 Å². The molecule has 0 radical (unpaired) electrons. The van der Waals surface area contributed by atoms with Crippen molar-refractivity contribution in [1.29, 1.82) is 0 Å². The molecule has 2 aliphatic rings. The second-order valence-corrected chi connectivity index (χ2v) is 10.3. The number of nitrogens with zero attached hydrogens (tertiary/aromatic N) is 1. The summed E-state index contributed by atoms with van der Waals surface area (Å²) in [5, 5.41) is 10.3. The van der Waals surface area contributed by atoms with Crippen LogP contribution in [0.1, 0.15) is 36.8 Å². The summed E-state index contributed by atoms with van der Waals surface area (Å²) < 4.78 is 28.3. The largest absolute Gasteiger partial charge is 0.393 e. The fourth-order valence-electron chi connectivity index (χ4n) is 4.52. The third-order valence-electron chi connectivity index (χ3n) is 6.30. The molecule has 0 saturated heterocycles. The maximum absolute atomic E-state index is 13.4. The van der Waals surface area contributed by atoms with E-state index in [4.69, 9.17) is 0 Å². The lowest BCUT2D eigenvalue weighted by atomic mass is 9.86. The van der Waals surface area contributed by atoms with Gasteiger partial charge < -0.3 is 5.11 Å². The molecule has 29 heavy (non-hydrogen) atoms. The van der Waals surface area contributed by atoms with Gasteiger partial charge >= 0.3 is 0 Å². The van der Waals surface area contributed by atoms with Crippen molar-refractivity contribution in [3.8, 4) is 11.8 Å². The zero-order valence-electron chi connectivity index (χ0n) is 16.7. The summed E-state index contributed by atoms with van der Waals surface area (Å²) in [4.78, 5) is 0.301. The summed E-state index contributed by atoms with van der Waals surface area (Å²) in [6.07, 6.45) is 3.35. The van der Waals surface area contributed by atoms with E-state index in [9.17, 15) is 13.5 Å². The second kappa shape index (κ2) is 7.95. The molecule has 2 aromatic carbocycles. The Morgan fingerprint density at radius 3 is 2.59 bits per heavy atom. The molecule has 152 valence electrons. The SMILES string of the molecule is Cc1ccc(S(=O)(=O)N(CC#Cc2ccccc2)C[C@]23CCC[C@@H](O)[C@H]2C3)cc1. The van der Waals surface area contributed by atoms with Crippen LogP contribution < -0.4 is 0 Å². The zero-order valence-corrected chi connectivity index (χ0v) is 17.5. The summed E-state index contributed by atoms with van der Waals surface area (Å²) >= 11 is 0. The van der Waals surface area contributed by atoms with Crippen LogP contribution >= 0.6 is 0 Å². The molecule has 5 heteroatoms. The number of aliphatic hydroxyl groups is 1. The highest BCUT2D eigenvalue weighted by atomic mass is 32.2. The van der Waals surface area contributed by atoms with E-state index >= 15 is 0 Å². The first-order valence-electron chi connectivity index (χ1n) is 10.2. The standard InChI is InChI=1S/C24H27NO3S/c1-19-11-13-21(14-12-19)29(27,28)25(16-6-9-20-7-3-2-4-8-20)18-24-15-5-10-23(26)22(24)17-24/h2-4,7-8,11-14,22-23,26H,5,10,15-18H2,1H3/t22-,23-,24-/m1/s1. The van der Waals surface area contributed by atoms with Gasteiger partial charge in [-0.05, 0) is 61.8 Å². The average molecular weight is 410 g/mol. The van der Waals surface area contributed by atoms with Gasteiger partial charge in [-0.2, -0.15) is 4.31 Å². The Kier molecular flexibility index (Phi) is 5.52. The molecule has 0 heterocycles. The van der Waals surface area contributed by atoms with Gasteiger partial charge in [0.2, 0.25) is 10.0 Å². The molecular formula is C24H27NO3S. The lowest BCUT2D eigenvalue weighted by molar-refractivity contribution is 0.0874. The Morgan fingerprint density at radius 1 is 1.14 bits per heavy atom. The lowest BCUT2D eigenvalue weighted by Gasteiger charge is -2.30. The summed E-state index contributed by atoms with van der Waals surface area (Å²) in [5.41, 5.74) is 1.80. The molecule has 2 aromatic rings. The van der Waals surface area contributed by atoms with Crippen molar-refractivity contribution in [2.75, 3.05) is 13.1 Å². The van der Waals surface area contributed by atoms with Crippen molar-refractivity contribution in [2.45, 2.75) is 43.6 Å². The maximum Gasteiger partial charge on any atom is 0.243 e. The molecule has 4 rings (SSSR count). The van der Waals surface area contributed by atoms with Gasteiger partial charge in [-0.25, -0.2) is 8.42 Å². The van der Waals surface area contributed by atoms with Gasteiger partial charge in [-0.3, -0.25) is 0 Å². The van der Waals surface area contributed by atoms with Crippen LogP contribution in [0.25, 0.3) is 0 Å². The van der Waals surface area contributed by atoms with Crippen molar-refractivity contribution in [2.24, 2.45) is 11.3 Å². The van der Waals surface area contributed by atoms with E-state index in [1.54, 1.807) is 12.1 Å². The first-order valence-corrected chi connectivity index (χ1v) is 11.6. The minimum absolute atomic E-state index is 0.0934. The molecule has 2 fully saturated rings. The van der Waals surface area contributed by atoms with E-state index in [-0.39, 0.29) is 24.0 Å². The van der Waals surface area contributed by atoms with Crippen molar-refractivity contribution < 1.29 is 13.5 Å². The molecule has 0 aliphatic heterocycles. The van der Waals surface area contributed by atoms with Crippen molar-refractivity contribution >= 4 is 10.0 Å². The Bertz CT molecular complexity index is 1020. The molecule has 4 nitrogen and oxygen atoms in total. The second-order valence-electron chi connectivity index (χ2n) is 8.39. The Balaban J connectivity index is 1.60. The summed E-state index contributed by atoms with van der Waals surface area (Å²) in [6.45, 7) is 2.51. The van der Waals surface area contributed by atoms with Crippen LogP contribution in [0.3, 0.4) is 0 Å². The highest BCUT2D eigenvalue weighted by Gasteiger charge is 2.59. The van der Waals surface area contributed by atoms with Gasteiger partial charge in [-0.15, -0.1) is 0 Å².